The topological polar surface area (TPSA) is 23.5 Å². The summed E-state index contributed by atoms with van der Waals surface area (Å²) in [7, 11) is 0. The maximum absolute atomic E-state index is 10.2. The summed E-state index contributed by atoms with van der Waals surface area (Å²) in [6.07, 6.45) is 4.22. The highest BCUT2D eigenvalue weighted by Crippen LogP contribution is 2.37. The molecule has 2 nitrogen and oxygen atoms in total. The average molecular weight is 300 g/mol. The predicted molar refractivity (Wildman–Crippen MR) is 79.0 cm³/mol. The Morgan fingerprint density at radius 2 is 2.00 bits per heavy atom. The van der Waals surface area contributed by atoms with Crippen molar-refractivity contribution in [3.8, 4) is 0 Å². The van der Waals surface area contributed by atoms with Gasteiger partial charge in [0.25, 0.3) is 0 Å². The molecular formula is C15H19Cl2NO. The van der Waals surface area contributed by atoms with Crippen molar-refractivity contribution in [2.75, 3.05) is 13.1 Å². The summed E-state index contributed by atoms with van der Waals surface area (Å²) in [6.45, 7) is 1.96. The number of halogens is 2. The molecule has 1 aromatic carbocycles. The molecule has 2 fully saturated rings. The van der Waals surface area contributed by atoms with E-state index < -0.39 is 0 Å². The predicted octanol–water partition coefficient (Wildman–Crippen LogP) is 3.70. The Bertz CT molecular complexity index is 465. The van der Waals surface area contributed by atoms with Gasteiger partial charge < -0.3 is 5.11 Å². The van der Waals surface area contributed by atoms with Crippen LogP contribution in [0.1, 0.15) is 37.2 Å². The van der Waals surface area contributed by atoms with Crippen LogP contribution < -0.4 is 0 Å². The molecular weight excluding hydrogens is 281 g/mol. The summed E-state index contributed by atoms with van der Waals surface area (Å²) in [5.74, 6) is 0.387. The second-order valence-electron chi connectivity index (χ2n) is 5.79. The molecule has 2 heterocycles. The Morgan fingerprint density at radius 1 is 1.16 bits per heavy atom. The van der Waals surface area contributed by atoms with Crippen LogP contribution in [0.25, 0.3) is 0 Å². The number of benzene rings is 1. The van der Waals surface area contributed by atoms with Gasteiger partial charge in [0.15, 0.2) is 0 Å². The third kappa shape index (κ3) is 2.92. The van der Waals surface area contributed by atoms with E-state index in [1.54, 1.807) is 0 Å². The highest BCUT2D eigenvalue weighted by molar-refractivity contribution is 6.42. The maximum atomic E-state index is 10.2. The van der Waals surface area contributed by atoms with Gasteiger partial charge in [-0.3, -0.25) is 4.90 Å². The Kier molecular flexibility index (Phi) is 4.04. The minimum absolute atomic E-state index is 0.234. The summed E-state index contributed by atoms with van der Waals surface area (Å²) >= 11 is 12.1. The highest BCUT2D eigenvalue weighted by atomic mass is 35.5. The van der Waals surface area contributed by atoms with Crippen LogP contribution in [0.4, 0.5) is 0 Å². The van der Waals surface area contributed by atoms with Gasteiger partial charge in [-0.15, -0.1) is 0 Å². The largest absolute Gasteiger partial charge is 0.392 e. The van der Waals surface area contributed by atoms with E-state index in [-0.39, 0.29) is 6.10 Å². The van der Waals surface area contributed by atoms with E-state index in [1.165, 1.54) is 18.4 Å². The van der Waals surface area contributed by atoms with Crippen molar-refractivity contribution in [1.29, 1.82) is 0 Å². The molecule has 1 N–H and O–H groups in total. The molecule has 3 atom stereocenters. The Morgan fingerprint density at radius 3 is 2.79 bits per heavy atom. The van der Waals surface area contributed by atoms with Crippen LogP contribution in [0.2, 0.25) is 10.0 Å². The average Bonchev–Trinajstić information content (AvgIpc) is 2.73. The van der Waals surface area contributed by atoms with Crippen molar-refractivity contribution in [3.05, 3.63) is 33.8 Å². The van der Waals surface area contributed by atoms with Crippen LogP contribution in [0.15, 0.2) is 18.2 Å². The molecule has 0 radical (unpaired) electrons. The van der Waals surface area contributed by atoms with E-state index in [4.69, 9.17) is 23.2 Å². The fourth-order valence-electron chi connectivity index (χ4n) is 3.54. The van der Waals surface area contributed by atoms with Gasteiger partial charge in [-0.25, -0.2) is 0 Å². The van der Waals surface area contributed by atoms with Crippen molar-refractivity contribution in [3.63, 3.8) is 0 Å². The highest BCUT2D eigenvalue weighted by Gasteiger charge is 2.33. The molecule has 2 saturated heterocycles. The fourth-order valence-corrected chi connectivity index (χ4v) is 3.85. The summed E-state index contributed by atoms with van der Waals surface area (Å²) < 4.78 is 0. The second-order valence-corrected chi connectivity index (χ2v) is 6.60. The normalized spacial score (nSPS) is 32.1. The first-order chi connectivity index (χ1) is 9.13. The molecule has 0 spiro atoms. The summed E-state index contributed by atoms with van der Waals surface area (Å²) in [4.78, 5) is 2.45. The smallest absolute Gasteiger partial charge is 0.0673 e. The number of hydrogen-bond acceptors (Lipinski definition) is 2. The molecule has 0 aliphatic carbocycles. The van der Waals surface area contributed by atoms with E-state index in [9.17, 15) is 5.11 Å². The standard InChI is InChI=1S/C15H19Cl2NO/c16-14-4-3-10(8-15(14)17)11-6-12-2-1-5-18(12)9-13(19)7-11/h3-4,8,11-13,19H,1-2,5-7,9H2/t11-,12-,13-/m0/s1. The number of aliphatic hydroxyl groups excluding tert-OH is 1. The minimum Gasteiger partial charge on any atom is -0.392 e. The SMILES string of the molecule is O[C@H]1C[C@@H](c2ccc(Cl)c(Cl)c2)C[C@@H]2CCCN2C1. The molecule has 0 unspecified atom stereocenters. The van der Waals surface area contributed by atoms with Crippen LogP contribution in [0.3, 0.4) is 0 Å². The summed E-state index contributed by atoms with van der Waals surface area (Å²) in [5.41, 5.74) is 1.21. The zero-order chi connectivity index (χ0) is 13.4. The molecule has 3 rings (SSSR count). The van der Waals surface area contributed by atoms with Crippen molar-refractivity contribution < 1.29 is 5.11 Å². The fraction of sp³-hybridized carbons (Fsp3) is 0.600. The third-order valence-corrected chi connectivity index (χ3v) is 5.21. The third-order valence-electron chi connectivity index (χ3n) is 4.47. The molecule has 4 heteroatoms. The van der Waals surface area contributed by atoms with Gasteiger partial charge in [0, 0.05) is 12.6 Å². The molecule has 0 bridgehead atoms. The first-order valence-corrected chi connectivity index (χ1v) is 7.76. The summed E-state index contributed by atoms with van der Waals surface area (Å²) in [6, 6.07) is 6.50. The Balaban J connectivity index is 1.84. The lowest BCUT2D eigenvalue weighted by Gasteiger charge is -2.23. The van der Waals surface area contributed by atoms with Crippen LogP contribution in [0.5, 0.6) is 0 Å². The van der Waals surface area contributed by atoms with Crippen molar-refractivity contribution >= 4 is 23.2 Å². The van der Waals surface area contributed by atoms with Gasteiger partial charge in [0.1, 0.15) is 0 Å². The van der Waals surface area contributed by atoms with Gasteiger partial charge in [-0.05, 0) is 55.8 Å². The van der Waals surface area contributed by atoms with Crippen LogP contribution in [-0.2, 0) is 0 Å². The van der Waals surface area contributed by atoms with E-state index in [2.05, 4.69) is 11.0 Å². The zero-order valence-corrected chi connectivity index (χ0v) is 12.4. The summed E-state index contributed by atoms with van der Waals surface area (Å²) in [5, 5.41) is 11.4. The number of rotatable bonds is 1. The van der Waals surface area contributed by atoms with E-state index in [0.717, 1.165) is 25.9 Å². The number of aliphatic hydroxyl groups is 1. The number of fused-ring (bicyclic) bond motifs is 1. The maximum Gasteiger partial charge on any atom is 0.0673 e. The zero-order valence-electron chi connectivity index (χ0n) is 10.9. The van der Waals surface area contributed by atoms with Crippen LogP contribution >= 0.6 is 23.2 Å². The number of nitrogens with zero attached hydrogens (tertiary/aromatic N) is 1. The molecule has 19 heavy (non-hydrogen) atoms. The van der Waals surface area contributed by atoms with Gasteiger partial charge in [-0.2, -0.15) is 0 Å². The van der Waals surface area contributed by atoms with Crippen molar-refractivity contribution in [1.82, 2.24) is 4.90 Å². The first-order valence-electron chi connectivity index (χ1n) is 7.00. The lowest BCUT2D eigenvalue weighted by Crippen LogP contribution is -2.33. The molecule has 0 aromatic heterocycles. The van der Waals surface area contributed by atoms with Gasteiger partial charge >= 0.3 is 0 Å². The van der Waals surface area contributed by atoms with Crippen LogP contribution in [-0.4, -0.2) is 35.2 Å². The minimum atomic E-state index is -0.234. The lowest BCUT2D eigenvalue weighted by atomic mass is 9.88. The molecule has 104 valence electrons. The Hall–Kier alpha value is -0.280. The Labute approximate surface area is 124 Å². The van der Waals surface area contributed by atoms with Gasteiger partial charge in [0.05, 0.1) is 16.1 Å². The van der Waals surface area contributed by atoms with E-state index in [0.29, 0.717) is 22.0 Å². The van der Waals surface area contributed by atoms with Gasteiger partial charge in [0.2, 0.25) is 0 Å². The van der Waals surface area contributed by atoms with Crippen molar-refractivity contribution in [2.45, 2.75) is 43.7 Å². The molecule has 2 aliphatic rings. The van der Waals surface area contributed by atoms with Crippen LogP contribution in [0, 0.1) is 0 Å². The van der Waals surface area contributed by atoms with Crippen molar-refractivity contribution in [2.24, 2.45) is 0 Å². The lowest BCUT2D eigenvalue weighted by molar-refractivity contribution is 0.116. The molecule has 1 aromatic rings. The monoisotopic (exact) mass is 299 g/mol. The van der Waals surface area contributed by atoms with Gasteiger partial charge in [-0.1, -0.05) is 29.3 Å². The van der Waals surface area contributed by atoms with E-state index in [1.807, 2.05) is 12.1 Å². The second kappa shape index (κ2) is 5.61. The van der Waals surface area contributed by atoms with E-state index >= 15 is 0 Å². The number of hydrogen-bond donors (Lipinski definition) is 1. The molecule has 0 amide bonds. The first kappa shape index (κ1) is 13.7. The quantitative estimate of drug-likeness (QED) is 0.855. The molecule has 2 aliphatic heterocycles. The molecule has 0 saturated carbocycles.